The zero-order chi connectivity index (χ0) is 14.7. The summed E-state index contributed by atoms with van der Waals surface area (Å²) in [5, 5.41) is 5.66. The standard InChI is InChI=1S/C14H17N3O2S/c1-8-4-5-9(2)10(6-8)16-12(18)7-11-13(19)17-14(15-3)20-11/h4-6,11H,7H2,1-3H3,(H,16,18)(H,15,17,19). The monoisotopic (exact) mass is 291 g/mol. The fourth-order valence-electron chi connectivity index (χ4n) is 1.89. The van der Waals surface area contributed by atoms with Crippen LogP contribution in [0.25, 0.3) is 0 Å². The van der Waals surface area contributed by atoms with Crippen molar-refractivity contribution in [3.63, 3.8) is 0 Å². The van der Waals surface area contributed by atoms with E-state index in [1.807, 2.05) is 32.0 Å². The first kappa shape index (κ1) is 14.6. The van der Waals surface area contributed by atoms with E-state index in [0.717, 1.165) is 16.8 Å². The highest BCUT2D eigenvalue weighted by Crippen LogP contribution is 2.23. The molecule has 0 aliphatic carbocycles. The van der Waals surface area contributed by atoms with Gasteiger partial charge in [0.2, 0.25) is 11.8 Å². The summed E-state index contributed by atoms with van der Waals surface area (Å²) in [4.78, 5) is 27.6. The molecule has 0 bridgehead atoms. The number of nitrogens with one attached hydrogen (secondary N) is 2. The lowest BCUT2D eigenvalue weighted by Crippen LogP contribution is -2.28. The zero-order valence-electron chi connectivity index (χ0n) is 11.7. The lowest BCUT2D eigenvalue weighted by Gasteiger charge is -2.10. The molecule has 1 atom stereocenters. The van der Waals surface area contributed by atoms with Gasteiger partial charge in [0.25, 0.3) is 0 Å². The molecule has 1 fully saturated rings. The summed E-state index contributed by atoms with van der Waals surface area (Å²) in [6.07, 6.45) is 0.142. The number of rotatable bonds is 3. The van der Waals surface area contributed by atoms with Gasteiger partial charge < -0.3 is 10.6 Å². The van der Waals surface area contributed by atoms with Gasteiger partial charge in [-0.15, -0.1) is 0 Å². The molecule has 1 saturated heterocycles. The van der Waals surface area contributed by atoms with Crippen molar-refractivity contribution in [3.05, 3.63) is 29.3 Å². The maximum atomic E-state index is 12.0. The van der Waals surface area contributed by atoms with Crippen LogP contribution in [0.4, 0.5) is 5.69 Å². The van der Waals surface area contributed by atoms with Gasteiger partial charge in [-0.3, -0.25) is 14.6 Å². The number of nitrogens with zero attached hydrogens (tertiary/aromatic N) is 1. The molecule has 1 heterocycles. The van der Waals surface area contributed by atoms with Gasteiger partial charge in [-0.25, -0.2) is 0 Å². The highest BCUT2D eigenvalue weighted by Gasteiger charge is 2.31. The molecule has 20 heavy (non-hydrogen) atoms. The van der Waals surface area contributed by atoms with Crippen LogP contribution >= 0.6 is 11.8 Å². The molecule has 1 aromatic rings. The molecular weight excluding hydrogens is 274 g/mol. The quantitative estimate of drug-likeness (QED) is 0.893. The number of carbonyl (C=O) groups is 2. The van der Waals surface area contributed by atoms with Gasteiger partial charge in [0.05, 0.1) is 0 Å². The van der Waals surface area contributed by atoms with Crippen molar-refractivity contribution in [2.24, 2.45) is 4.99 Å². The maximum Gasteiger partial charge on any atom is 0.240 e. The minimum absolute atomic E-state index is 0.142. The van der Waals surface area contributed by atoms with Crippen LogP contribution in [0.1, 0.15) is 17.5 Å². The second kappa shape index (κ2) is 6.09. The number of aryl methyl sites for hydroxylation is 2. The van der Waals surface area contributed by atoms with E-state index in [9.17, 15) is 9.59 Å². The van der Waals surface area contributed by atoms with Crippen LogP contribution < -0.4 is 10.6 Å². The van der Waals surface area contributed by atoms with Gasteiger partial charge in [0, 0.05) is 19.2 Å². The van der Waals surface area contributed by atoms with Gasteiger partial charge >= 0.3 is 0 Å². The van der Waals surface area contributed by atoms with Crippen LogP contribution in [0.3, 0.4) is 0 Å². The van der Waals surface area contributed by atoms with Gasteiger partial charge in [0.15, 0.2) is 5.17 Å². The van der Waals surface area contributed by atoms with Crippen molar-refractivity contribution in [1.82, 2.24) is 5.32 Å². The van der Waals surface area contributed by atoms with Crippen LogP contribution in [0, 0.1) is 13.8 Å². The predicted octanol–water partition coefficient (Wildman–Crippen LogP) is 1.85. The van der Waals surface area contributed by atoms with Crippen LogP contribution in [0.5, 0.6) is 0 Å². The molecule has 2 amide bonds. The van der Waals surface area contributed by atoms with Crippen molar-refractivity contribution in [2.75, 3.05) is 12.4 Å². The van der Waals surface area contributed by atoms with Crippen LogP contribution in [-0.4, -0.2) is 29.3 Å². The number of hydrogen-bond acceptors (Lipinski definition) is 4. The smallest absolute Gasteiger partial charge is 0.240 e. The van der Waals surface area contributed by atoms with E-state index in [0.29, 0.717) is 5.17 Å². The fourth-order valence-corrected chi connectivity index (χ4v) is 2.82. The Kier molecular flexibility index (Phi) is 4.44. The van der Waals surface area contributed by atoms with E-state index in [2.05, 4.69) is 15.6 Å². The topological polar surface area (TPSA) is 70.6 Å². The van der Waals surface area contributed by atoms with E-state index in [-0.39, 0.29) is 18.2 Å². The Bertz CT molecular complexity index is 584. The summed E-state index contributed by atoms with van der Waals surface area (Å²) in [5.41, 5.74) is 2.88. The molecule has 6 heteroatoms. The first-order valence-electron chi connectivity index (χ1n) is 6.31. The third-order valence-corrected chi connectivity index (χ3v) is 4.19. The van der Waals surface area contributed by atoms with Gasteiger partial charge in [-0.05, 0) is 31.0 Å². The number of amidine groups is 1. The summed E-state index contributed by atoms with van der Waals surface area (Å²) in [5.74, 6) is -0.324. The Morgan fingerprint density at radius 1 is 1.45 bits per heavy atom. The van der Waals surface area contributed by atoms with Crippen LogP contribution in [-0.2, 0) is 9.59 Å². The molecule has 0 radical (unpaired) electrons. The Hall–Kier alpha value is -1.82. The minimum atomic E-state index is -0.404. The van der Waals surface area contributed by atoms with Crippen molar-refractivity contribution < 1.29 is 9.59 Å². The van der Waals surface area contributed by atoms with E-state index < -0.39 is 5.25 Å². The van der Waals surface area contributed by atoms with Crippen molar-refractivity contribution in [3.8, 4) is 0 Å². The average molecular weight is 291 g/mol. The van der Waals surface area contributed by atoms with Crippen molar-refractivity contribution in [2.45, 2.75) is 25.5 Å². The highest BCUT2D eigenvalue weighted by molar-refractivity contribution is 8.15. The third-order valence-electron chi connectivity index (χ3n) is 3.02. The second-order valence-corrected chi connectivity index (χ2v) is 5.89. The Labute approximate surface area is 122 Å². The number of thioether (sulfide) groups is 1. The SMILES string of the molecule is CN=C1NC(=O)C(CC(=O)Nc2cc(C)ccc2C)S1. The highest BCUT2D eigenvalue weighted by atomic mass is 32.2. The Morgan fingerprint density at radius 3 is 2.85 bits per heavy atom. The molecule has 2 N–H and O–H groups in total. The first-order chi connectivity index (χ1) is 9.49. The zero-order valence-corrected chi connectivity index (χ0v) is 12.5. The molecule has 0 spiro atoms. The molecule has 1 unspecified atom stereocenters. The summed E-state index contributed by atoms with van der Waals surface area (Å²) < 4.78 is 0. The van der Waals surface area contributed by atoms with Crippen LogP contribution in [0.2, 0.25) is 0 Å². The number of carbonyl (C=O) groups excluding carboxylic acids is 2. The summed E-state index contributed by atoms with van der Waals surface area (Å²) in [7, 11) is 1.61. The molecule has 5 nitrogen and oxygen atoms in total. The lowest BCUT2D eigenvalue weighted by molar-refractivity contribution is -0.122. The minimum Gasteiger partial charge on any atom is -0.326 e. The second-order valence-electron chi connectivity index (χ2n) is 4.70. The number of amides is 2. The number of anilines is 1. The van der Waals surface area contributed by atoms with E-state index in [1.165, 1.54) is 11.8 Å². The normalized spacial score (nSPS) is 20.1. The molecule has 0 saturated carbocycles. The van der Waals surface area contributed by atoms with Crippen molar-refractivity contribution in [1.29, 1.82) is 0 Å². The number of aliphatic imine (C=N–C) groups is 1. The van der Waals surface area contributed by atoms with E-state index in [1.54, 1.807) is 7.05 Å². The molecule has 106 valence electrons. The predicted molar refractivity (Wildman–Crippen MR) is 82.0 cm³/mol. The fraction of sp³-hybridized carbons (Fsp3) is 0.357. The van der Waals surface area contributed by atoms with Crippen molar-refractivity contribution >= 4 is 34.4 Å². The van der Waals surface area contributed by atoms with E-state index >= 15 is 0 Å². The molecule has 0 aromatic heterocycles. The van der Waals surface area contributed by atoms with Gasteiger partial charge in [-0.2, -0.15) is 0 Å². The first-order valence-corrected chi connectivity index (χ1v) is 7.19. The van der Waals surface area contributed by atoms with Crippen LogP contribution in [0.15, 0.2) is 23.2 Å². The van der Waals surface area contributed by atoms with Gasteiger partial charge in [-0.1, -0.05) is 23.9 Å². The lowest BCUT2D eigenvalue weighted by atomic mass is 10.1. The molecular formula is C14H17N3O2S. The van der Waals surface area contributed by atoms with E-state index in [4.69, 9.17) is 0 Å². The number of hydrogen-bond donors (Lipinski definition) is 2. The molecule has 2 rings (SSSR count). The Balaban J connectivity index is 1.99. The summed E-state index contributed by atoms with van der Waals surface area (Å²) in [6, 6.07) is 5.88. The third kappa shape index (κ3) is 3.39. The summed E-state index contributed by atoms with van der Waals surface area (Å²) in [6.45, 7) is 3.91. The van der Waals surface area contributed by atoms with Gasteiger partial charge in [0.1, 0.15) is 5.25 Å². The summed E-state index contributed by atoms with van der Waals surface area (Å²) >= 11 is 1.29. The largest absolute Gasteiger partial charge is 0.326 e. The molecule has 1 aliphatic heterocycles. The maximum absolute atomic E-state index is 12.0. The number of benzene rings is 1. The Morgan fingerprint density at radius 2 is 2.20 bits per heavy atom. The average Bonchev–Trinajstić information content (AvgIpc) is 2.74. The molecule has 1 aromatic carbocycles. The molecule has 1 aliphatic rings.